The van der Waals surface area contributed by atoms with Crippen molar-refractivity contribution in [3.05, 3.63) is 23.4 Å². The van der Waals surface area contributed by atoms with Gasteiger partial charge < -0.3 is 14.7 Å². The van der Waals surface area contributed by atoms with Crippen LogP contribution in [0.4, 0.5) is 5.82 Å². The predicted octanol–water partition coefficient (Wildman–Crippen LogP) is 2.09. The molecule has 0 bridgehead atoms. The smallest absolute Gasteiger partial charge is 0.335 e. The van der Waals surface area contributed by atoms with E-state index < -0.39 is 5.97 Å². The number of hydrogen-bond donors (Lipinski definition) is 1. The van der Waals surface area contributed by atoms with Crippen LogP contribution in [0.1, 0.15) is 36.8 Å². The highest BCUT2D eigenvalue weighted by Crippen LogP contribution is 2.25. The highest BCUT2D eigenvalue weighted by atomic mass is 16.5. The molecule has 1 saturated heterocycles. The number of ether oxygens (including phenoxy) is 1. The molecule has 1 unspecified atom stereocenters. The molecule has 1 aromatic rings. The third-order valence-electron chi connectivity index (χ3n) is 3.08. The number of aryl methyl sites for hydroxylation is 1. The molecule has 2 rings (SSSR count). The molecule has 1 aliphatic rings. The lowest BCUT2D eigenvalue weighted by molar-refractivity contribution is -0.0751. The lowest BCUT2D eigenvalue weighted by atomic mass is 10.1. The first kappa shape index (κ1) is 13.8. The number of carbonyl (C=O) groups is 1. The Morgan fingerprint density at radius 1 is 1.53 bits per heavy atom. The summed E-state index contributed by atoms with van der Waals surface area (Å²) in [6.45, 7) is 9.31. The first-order chi connectivity index (χ1) is 8.77. The molecule has 1 aliphatic heterocycles. The maximum Gasteiger partial charge on any atom is 0.335 e. The minimum Gasteiger partial charge on any atom is -0.478 e. The van der Waals surface area contributed by atoms with Crippen molar-refractivity contribution in [2.75, 3.05) is 18.0 Å². The van der Waals surface area contributed by atoms with E-state index >= 15 is 0 Å². The molecule has 104 valence electrons. The largest absolute Gasteiger partial charge is 0.478 e. The third-order valence-corrected chi connectivity index (χ3v) is 3.08. The monoisotopic (exact) mass is 264 g/mol. The van der Waals surface area contributed by atoms with Gasteiger partial charge in [0.15, 0.2) is 0 Å². The van der Waals surface area contributed by atoms with E-state index in [0.717, 1.165) is 6.54 Å². The number of morpholine rings is 1. The van der Waals surface area contributed by atoms with Gasteiger partial charge in [-0.25, -0.2) is 9.78 Å². The predicted molar refractivity (Wildman–Crippen MR) is 72.8 cm³/mol. The van der Waals surface area contributed by atoms with Gasteiger partial charge in [0, 0.05) is 18.8 Å². The standard InChI is InChI=1S/C14H20N2O3/c1-9-5-11(13(17)18)6-12(15-9)16-7-10(2)19-14(3,4)8-16/h5-6,10H,7-8H2,1-4H3,(H,17,18). The summed E-state index contributed by atoms with van der Waals surface area (Å²) in [5.41, 5.74) is 0.734. The van der Waals surface area contributed by atoms with Crippen LogP contribution < -0.4 is 4.90 Å². The second kappa shape index (κ2) is 4.81. The van der Waals surface area contributed by atoms with E-state index in [1.165, 1.54) is 0 Å². The average molecular weight is 264 g/mol. The van der Waals surface area contributed by atoms with Crippen LogP contribution in [0, 0.1) is 6.92 Å². The number of carboxylic acid groups (broad SMARTS) is 1. The quantitative estimate of drug-likeness (QED) is 0.886. The summed E-state index contributed by atoms with van der Waals surface area (Å²) < 4.78 is 5.85. The lowest BCUT2D eigenvalue weighted by Gasteiger charge is -2.42. The van der Waals surface area contributed by atoms with Crippen molar-refractivity contribution >= 4 is 11.8 Å². The van der Waals surface area contributed by atoms with Crippen molar-refractivity contribution in [2.45, 2.75) is 39.4 Å². The number of nitrogens with zero attached hydrogens (tertiary/aromatic N) is 2. The molecule has 1 atom stereocenters. The zero-order valence-corrected chi connectivity index (χ0v) is 11.8. The fourth-order valence-electron chi connectivity index (χ4n) is 2.56. The van der Waals surface area contributed by atoms with E-state index in [-0.39, 0.29) is 17.3 Å². The molecule has 1 fully saturated rings. The van der Waals surface area contributed by atoms with Gasteiger partial charge in [0.25, 0.3) is 0 Å². The summed E-state index contributed by atoms with van der Waals surface area (Å²) in [7, 11) is 0. The van der Waals surface area contributed by atoms with Gasteiger partial charge in [0.2, 0.25) is 0 Å². The number of aromatic carboxylic acids is 1. The van der Waals surface area contributed by atoms with Crippen molar-refractivity contribution in [3.63, 3.8) is 0 Å². The van der Waals surface area contributed by atoms with Crippen LogP contribution in [0.5, 0.6) is 0 Å². The van der Waals surface area contributed by atoms with Gasteiger partial charge in [-0.05, 0) is 39.8 Å². The van der Waals surface area contributed by atoms with Crippen LogP contribution in [-0.2, 0) is 4.74 Å². The van der Waals surface area contributed by atoms with Crippen LogP contribution in [0.2, 0.25) is 0 Å². The van der Waals surface area contributed by atoms with Crippen molar-refractivity contribution in [3.8, 4) is 0 Å². The summed E-state index contributed by atoms with van der Waals surface area (Å²) in [4.78, 5) is 17.6. The van der Waals surface area contributed by atoms with Gasteiger partial charge in [0.1, 0.15) is 5.82 Å². The second-order valence-corrected chi connectivity index (χ2v) is 5.73. The Balaban J connectivity index is 2.33. The molecule has 5 nitrogen and oxygen atoms in total. The lowest BCUT2D eigenvalue weighted by Crippen LogP contribution is -2.52. The van der Waals surface area contributed by atoms with Crippen LogP contribution in [0.15, 0.2) is 12.1 Å². The number of hydrogen-bond acceptors (Lipinski definition) is 4. The summed E-state index contributed by atoms with van der Waals surface area (Å²) in [5.74, 6) is -0.215. The minimum atomic E-state index is -0.924. The van der Waals surface area contributed by atoms with Gasteiger partial charge in [-0.15, -0.1) is 0 Å². The van der Waals surface area contributed by atoms with Gasteiger partial charge in [-0.3, -0.25) is 0 Å². The van der Waals surface area contributed by atoms with E-state index in [1.807, 2.05) is 27.7 Å². The van der Waals surface area contributed by atoms with E-state index in [4.69, 9.17) is 9.84 Å². The zero-order valence-electron chi connectivity index (χ0n) is 11.8. The number of pyridine rings is 1. The Bertz CT molecular complexity index is 499. The molecule has 19 heavy (non-hydrogen) atoms. The molecule has 1 N–H and O–H groups in total. The Labute approximate surface area is 113 Å². The molecule has 5 heteroatoms. The van der Waals surface area contributed by atoms with Gasteiger partial charge in [-0.1, -0.05) is 0 Å². The topological polar surface area (TPSA) is 62.7 Å². The highest BCUT2D eigenvalue weighted by Gasteiger charge is 2.32. The summed E-state index contributed by atoms with van der Waals surface area (Å²) in [6.07, 6.45) is 0.0966. The van der Waals surface area contributed by atoms with Crippen LogP contribution in [-0.4, -0.2) is 40.9 Å². The molecule has 0 amide bonds. The fourth-order valence-corrected chi connectivity index (χ4v) is 2.56. The highest BCUT2D eigenvalue weighted by molar-refractivity contribution is 5.88. The first-order valence-electron chi connectivity index (χ1n) is 6.41. The van der Waals surface area contributed by atoms with Gasteiger partial charge >= 0.3 is 5.97 Å². The first-order valence-corrected chi connectivity index (χ1v) is 6.41. The van der Waals surface area contributed by atoms with Gasteiger partial charge in [-0.2, -0.15) is 0 Å². The molecular formula is C14H20N2O3. The van der Waals surface area contributed by atoms with Crippen molar-refractivity contribution < 1.29 is 14.6 Å². The van der Waals surface area contributed by atoms with E-state index in [2.05, 4.69) is 9.88 Å². The van der Waals surface area contributed by atoms with E-state index in [0.29, 0.717) is 18.1 Å². The molecule has 1 aromatic heterocycles. The van der Waals surface area contributed by atoms with Crippen LogP contribution in [0.25, 0.3) is 0 Å². The Morgan fingerprint density at radius 2 is 2.21 bits per heavy atom. The average Bonchev–Trinajstić information content (AvgIpc) is 2.25. The number of aromatic nitrogens is 1. The van der Waals surface area contributed by atoms with Crippen LogP contribution >= 0.6 is 0 Å². The minimum absolute atomic E-state index is 0.0966. The zero-order chi connectivity index (χ0) is 14.2. The van der Waals surface area contributed by atoms with Crippen LogP contribution in [0.3, 0.4) is 0 Å². The van der Waals surface area contributed by atoms with Gasteiger partial charge in [0.05, 0.1) is 17.3 Å². The number of rotatable bonds is 2. The Morgan fingerprint density at radius 3 is 2.79 bits per heavy atom. The number of anilines is 1. The number of carboxylic acids is 1. The summed E-state index contributed by atoms with van der Waals surface area (Å²) in [6, 6.07) is 3.21. The molecule has 0 saturated carbocycles. The maximum absolute atomic E-state index is 11.1. The van der Waals surface area contributed by atoms with Crippen molar-refractivity contribution in [1.29, 1.82) is 0 Å². The molecular weight excluding hydrogens is 244 g/mol. The third kappa shape index (κ3) is 3.23. The molecule has 0 aliphatic carbocycles. The van der Waals surface area contributed by atoms with Crippen molar-refractivity contribution in [2.24, 2.45) is 0 Å². The second-order valence-electron chi connectivity index (χ2n) is 5.73. The van der Waals surface area contributed by atoms with E-state index in [9.17, 15) is 4.79 Å². The SMILES string of the molecule is Cc1cc(C(=O)O)cc(N2CC(C)OC(C)(C)C2)n1. The Hall–Kier alpha value is -1.62. The summed E-state index contributed by atoms with van der Waals surface area (Å²) >= 11 is 0. The maximum atomic E-state index is 11.1. The fraction of sp³-hybridized carbons (Fsp3) is 0.571. The van der Waals surface area contributed by atoms with Crippen molar-refractivity contribution in [1.82, 2.24) is 4.98 Å². The molecule has 0 aromatic carbocycles. The molecule has 2 heterocycles. The van der Waals surface area contributed by atoms with E-state index in [1.54, 1.807) is 12.1 Å². The summed E-state index contributed by atoms with van der Waals surface area (Å²) in [5, 5.41) is 9.12. The molecule has 0 radical (unpaired) electrons. The molecule has 0 spiro atoms. The Kier molecular flexibility index (Phi) is 3.49. The normalized spacial score (nSPS) is 22.3.